The van der Waals surface area contributed by atoms with Gasteiger partial charge in [0, 0.05) is 0 Å². The number of hydrogen-bond donors (Lipinski definition) is 24. The molecule has 0 unspecified atom stereocenters. The van der Waals surface area contributed by atoms with Gasteiger partial charge in [-0.05, 0) is 0 Å². The summed E-state index contributed by atoms with van der Waals surface area (Å²) in [7, 11) is 0. The summed E-state index contributed by atoms with van der Waals surface area (Å²) < 4.78 is 79.2. The zero-order valence-electron chi connectivity index (χ0n) is 43.6. The van der Waals surface area contributed by atoms with Crippen molar-refractivity contribution in [3.63, 3.8) is 0 Å². The molecule has 7 aliphatic heterocycles. The fraction of sp³-hybridized carbons (Fsp3) is 1.00. The minimum absolute atomic E-state index is 0.502. The van der Waals surface area contributed by atoms with E-state index in [2.05, 4.69) is 0 Å². The van der Waals surface area contributed by atoms with Crippen LogP contribution >= 0.6 is 0 Å². The topological polar surface area (TPSA) is 615 Å². The van der Waals surface area contributed by atoms with Crippen LogP contribution < -0.4 is 0 Å². The van der Waals surface area contributed by atoms with E-state index in [1.165, 1.54) is 0 Å². The summed E-state index contributed by atoms with van der Waals surface area (Å²) >= 11 is 0. The third-order valence-electron chi connectivity index (χ3n) is 15.1. The Balaban J connectivity index is 1.16. The van der Waals surface area contributed by atoms with Crippen LogP contribution in [0.25, 0.3) is 0 Å². The summed E-state index contributed by atoms with van der Waals surface area (Å²) in [5.41, 5.74) is 0. The largest absolute Gasteiger partial charge is 0.394 e. The summed E-state index contributed by atoms with van der Waals surface area (Å²) in [6.45, 7) is -7.80. The van der Waals surface area contributed by atoms with Gasteiger partial charge in [-0.25, -0.2) is 0 Å². The Hall–Kier alpha value is -1.52. The molecule has 0 aliphatic carbocycles. The SMILES string of the molecule is OC[C@@H](O)[C@@H](O[C@@H]1O[C@H](CO[C@H]2OC[C@@H](O)[C@H](O)[C@H]2O[C@@H]2O[C@H](CO)[C@H](O)[C@H](O)[C@H]2O)[C@@H](O[C@@H]2O[C@H](CO[C@H]3OC[C@@H](O)[C@H](O)[C@H]3O)[C@@H](O[C@@H]3O[C@H](CO[C@H]4OC[C@@H](O)[C@H](O)[C@H]4O)[C@@H](O)[C@H](O)[C@H]3O)[C@H](O)[C@H]2O)[C@H](O)[C@H]1O)[C@H](O)[C@@H](O)CO. The van der Waals surface area contributed by atoms with Crippen LogP contribution in [0.15, 0.2) is 0 Å². The molecule has 0 aromatic carbocycles. The van der Waals surface area contributed by atoms with E-state index in [1.54, 1.807) is 0 Å². The van der Waals surface area contributed by atoms with Crippen molar-refractivity contribution in [1.29, 1.82) is 0 Å². The highest BCUT2D eigenvalue weighted by Gasteiger charge is 2.57. The molecule has 0 radical (unpaired) electrons. The van der Waals surface area contributed by atoms with E-state index in [0.717, 1.165) is 0 Å². The first-order chi connectivity index (χ1) is 39.2. The van der Waals surface area contributed by atoms with Crippen LogP contribution in [0.5, 0.6) is 0 Å². The lowest BCUT2D eigenvalue weighted by atomic mass is 9.95. The quantitative estimate of drug-likeness (QED) is 0.0452. The molecule has 7 rings (SSSR count). The van der Waals surface area contributed by atoms with Crippen molar-refractivity contribution < 1.29 is 189 Å². The molecule has 83 heavy (non-hydrogen) atoms. The molecule has 0 amide bonds. The number of rotatable bonds is 23. The predicted octanol–water partition coefficient (Wildman–Crippen LogP) is -16.9. The Morgan fingerprint density at radius 2 is 0.675 bits per heavy atom. The standard InChI is InChI=1S/C45H78O38/c46-1-10(49)21(56)35(11(50)2-47)80-43-33(68)27(62)37(18(78-43)9-75-45-38(22(57)14(53)6-72-45)83-41-31(66)25(60)23(58)15(3-48)76-41)82-44-34(69)28(63)36(17(79-44)8-74-40-30(65)20(55)13(52)5-71-40)81-42-32(67)26(61)24(59)16(77-42)7-73-39-29(64)19(54)12(51)4-70-39/h10-69H,1-9H2/t10-,11+,12+,13+,14+,15+,16+,17+,18+,19-,20-,21+,22-,23-,24+,25-,26-,27+,28+,29+,30+,31+,32+,33+,34+,35+,36+,37+,38+,39+,40+,41-,42-,43-,44-,45+/m0/s1. The monoisotopic (exact) mass is 1230 g/mol. The van der Waals surface area contributed by atoms with E-state index in [0.29, 0.717) is 0 Å². The number of ether oxygens (including phenoxy) is 14. The predicted molar refractivity (Wildman–Crippen MR) is 249 cm³/mol. The molecule has 7 aliphatic rings. The second-order valence-electron chi connectivity index (χ2n) is 20.9. The van der Waals surface area contributed by atoms with Gasteiger partial charge in [-0.2, -0.15) is 0 Å². The summed E-state index contributed by atoms with van der Waals surface area (Å²) in [5.74, 6) is 0. The third-order valence-corrected chi connectivity index (χ3v) is 15.1. The Labute approximate surface area is 468 Å². The zero-order valence-corrected chi connectivity index (χ0v) is 43.6. The highest BCUT2D eigenvalue weighted by atomic mass is 16.8. The zero-order chi connectivity index (χ0) is 61.0. The first-order valence-corrected chi connectivity index (χ1v) is 26.3. The van der Waals surface area contributed by atoms with E-state index in [1.807, 2.05) is 0 Å². The Morgan fingerprint density at radius 1 is 0.325 bits per heavy atom. The molecule has 0 bridgehead atoms. The highest BCUT2D eigenvalue weighted by Crippen LogP contribution is 2.36. The Bertz CT molecular complexity index is 1920. The van der Waals surface area contributed by atoms with Crippen molar-refractivity contribution in [3.05, 3.63) is 0 Å². The lowest BCUT2D eigenvalue weighted by Gasteiger charge is -2.49. The molecule has 7 saturated heterocycles. The average molecular weight is 1230 g/mol. The van der Waals surface area contributed by atoms with Gasteiger partial charge in [0.15, 0.2) is 44.0 Å². The van der Waals surface area contributed by atoms with E-state index in [4.69, 9.17) is 66.3 Å². The molecule has 24 N–H and O–H groups in total. The van der Waals surface area contributed by atoms with Crippen LogP contribution in [0.4, 0.5) is 0 Å². The van der Waals surface area contributed by atoms with Crippen molar-refractivity contribution in [1.82, 2.24) is 0 Å². The highest BCUT2D eigenvalue weighted by molar-refractivity contribution is 4.99. The van der Waals surface area contributed by atoms with Gasteiger partial charge in [0.2, 0.25) is 0 Å². The van der Waals surface area contributed by atoms with Crippen molar-refractivity contribution in [2.75, 3.05) is 59.5 Å². The number of aliphatic hydroxyl groups excluding tert-OH is 24. The lowest BCUT2D eigenvalue weighted by molar-refractivity contribution is -0.391. The first kappa shape index (κ1) is 69.0. The molecular formula is C45H78O38. The molecule has 7 fully saturated rings. The van der Waals surface area contributed by atoms with E-state index >= 15 is 0 Å². The van der Waals surface area contributed by atoms with Gasteiger partial charge in [-0.15, -0.1) is 0 Å². The van der Waals surface area contributed by atoms with E-state index in [9.17, 15) is 123 Å². The fourth-order valence-electron chi connectivity index (χ4n) is 9.91. The third kappa shape index (κ3) is 15.6. The van der Waals surface area contributed by atoms with Gasteiger partial charge >= 0.3 is 0 Å². The maximum atomic E-state index is 11.9. The molecule has 0 aromatic heterocycles. The minimum Gasteiger partial charge on any atom is -0.394 e. The second kappa shape index (κ2) is 30.3. The molecule has 38 heteroatoms. The first-order valence-electron chi connectivity index (χ1n) is 26.3. The van der Waals surface area contributed by atoms with Crippen LogP contribution in [0, 0.1) is 0 Å². The van der Waals surface area contributed by atoms with Crippen molar-refractivity contribution in [2.24, 2.45) is 0 Å². The van der Waals surface area contributed by atoms with Crippen LogP contribution in [0.1, 0.15) is 0 Å². The van der Waals surface area contributed by atoms with Gasteiger partial charge in [0.25, 0.3) is 0 Å². The van der Waals surface area contributed by atoms with Gasteiger partial charge in [0.05, 0.1) is 59.5 Å². The molecule has 7 heterocycles. The molecule has 38 nitrogen and oxygen atoms in total. The van der Waals surface area contributed by atoms with Crippen molar-refractivity contribution in [2.45, 2.75) is 221 Å². The normalized spacial score (nSPS) is 49.9. The van der Waals surface area contributed by atoms with Gasteiger partial charge in [0.1, 0.15) is 177 Å². The Morgan fingerprint density at radius 3 is 1.14 bits per heavy atom. The molecular weight excluding hydrogens is 1150 g/mol. The maximum Gasteiger partial charge on any atom is 0.187 e. The maximum absolute atomic E-state index is 11.9. The van der Waals surface area contributed by atoms with E-state index < -0.39 is 281 Å². The summed E-state index contributed by atoms with van der Waals surface area (Å²) in [6, 6.07) is 0. The lowest BCUT2D eigenvalue weighted by Crippen LogP contribution is -2.67. The molecule has 0 aromatic rings. The van der Waals surface area contributed by atoms with Crippen LogP contribution in [-0.2, 0) is 66.3 Å². The molecule has 486 valence electrons. The van der Waals surface area contributed by atoms with Crippen molar-refractivity contribution in [3.8, 4) is 0 Å². The van der Waals surface area contributed by atoms with Crippen LogP contribution in [-0.4, -0.2) is 403 Å². The van der Waals surface area contributed by atoms with Gasteiger partial charge < -0.3 is 189 Å². The van der Waals surface area contributed by atoms with Gasteiger partial charge in [-0.3, -0.25) is 0 Å². The van der Waals surface area contributed by atoms with Crippen molar-refractivity contribution >= 4 is 0 Å². The summed E-state index contributed by atoms with van der Waals surface area (Å²) in [4.78, 5) is 0. The number of hydrogen-bond acceptors (Lipinski definition) is 38. The van der Waals surface area contributed by atoms with Gasteiger partial charge in [-0.1, -0.05) is 0 Å². The molecule has 36 atom stereocenters. The summed E-state index contributed by atoms with van der Waals surface area (Å²) in [5, 5.41) is 255. The fourth-order valence-corrected chi connectivity index (χ4v) is 9.91. The number of aliphatic hydroxyl groups is 24. The molecule has 0 saturated carbocycles. The van der Waals surface area contributed by atoms with E-state index in [-0.39, 0.29) is 0 Å². The smallest absolute Gasteiger partial charge is 0.187 e. The van der Waals surface area contributed by atoms with Crippen LogP contribution in [0.3, 0.4) is 0 Å². The minimum atomic E-state index is -2.40. The molecule has 0 spiro atoms. The average Bonchev–Trinajstić information content (AvgIpc) is 3.63. The van der Waals surface area contributed by atoms with Crippen LogP contribution in [0.2, 0.25) is 0 Å². The Kier molecular flexibility index (Phi) is 25.2. The second-order valence-corrected chi connectivity index (χ2v) is 20.9. The summed E-state index contributed by atoms with van der Waals surface area (Å²) in [6.07, 6.45) is -71.8.